The van der Waals surface area contributed by atoms with Crippen molar-refractivity contribution < 1.29 is 0 Å². The largest absolute Gasteiger partial charge is 0.304 e. The molecule has 0 atom stereocenters. The van der Waals surface area contributed by atoms with Crippen molar-refractivity contribution >= 4 is 98.5 Å². The summed E-state index contributed by atoms with van der Waals surface area (Å²) in [5.41, 5.74) is 19.3. The molecule has 0 saturated carbocycles. The second-order valence-electron chi connectivity index (χ2n) is 20.1. The number of pyridine rings is 10. The van der Waals surface area contributed by atoms with E-state index in [2.05, 4.69) is 178 Å². The van der Waals surface area contributed by atoms with E-state index in [-0.39, 0.29) is 0 Å². The van der Waals surface area contributed by atoms with Crippen molar-refractivity contribution in [3.05, 3.63) is 265 Å². The molecule has 0 spiro atoms. The Kier molecular flexibility index (Phi) is 44.6. The van der Waals surface area contributed by atoms with Crippen molar-refractivity contribution in [3.8, 4) is 0 Å². The quantitative estimate of drug-likeness (QED) is 0.135. The number of fused-ring (bicyclic) bond motifs is 14. The lowest BCUT2D eigenvalue weighted by molar-refractivity contribution is 1.09. The Balaban J connectivity index is 0.000000584. The SMILES string of the molecule is CC.CC.CC.CC.CC.CC.CC.CC.CC.CC.Cc1cc2cccnc2c2ncccc12.Cc1ccc2ccc3cccnc3c2n1.Cc1ccnc2c1ccc1cccnc12.Cc1cnc2c(ccc3cccnc32)c1.Cc1nc2ccccn2c1C.Cc1nc2ccccn2c1C. The van der Waals surface area contributed by atoms with Crippen LogP contribution >= 0.6 is 0 Å². The summed E-state index contributed by atoms with van der Waals surface area (Å²) in [6, 6.07) is 55.2. The van der Waals surface area contributed by atoms with E-state index in [9.17, 15) is 0 Å². The first-order valence-corrected chi connectivity index (χ1v) is 37.2. The number of hydrogen-bond acceptors (Lipinski definition) is 10. The van der Waals surface area contributed by atoms with Crippen LogP contribution in [0.25, 0.3) is 98.5 Å². The molecule has 0 N–H and O–H groups in total. The molecule has 12 heteroatoms. The molecule has 0 aliphatic rings. The minimum atomic E-state index is 0.981. The Labute approximate surface area is 612 Å². The Morgan fingerprint density at radius 2 is 0.578 bits per heavy atom. The predicted octanol–water partition coefficient (Wildman–Crippen LogP) is 26.5. The fourth-order valence-corrected chi connectivity index (χ4v) is 9.99. The molecule has 0 aliphatic carbocycles. The summed E-state index contributed by atoms with van der Waals surface area (Å²) < 4.78 is 4.19. The van der Waals surface area contributed by atoms with Gasteiger partial charge in [0.15, 0.2) is 0 Å². The van der Waals surface area contributed by atoms with Gasteiger partial charge in [0, 0.05) is 116 Å². The molecule has 0 bridgehead atoms. The molecule has 0 radical (unpaired) electrons. The van der Waals surface area contributed by atoms with Gasteiger partial charge in [-0.2, -0.15) is 0 Å². The van der Waals surface area contributed by atoms with Crippen LogP contribution in [0.1, 0.15) is 184 Å². The molecule has 16 aromatic rings. The number of imidazole rings is 2. The van der Waals surface area contributed by atoms with Crippen LogP contribution in [0.2, 0.25) is 0 Å². The van der Waals surface area contributed by atoms with E-state index < -0.39 is 0 Å². The highest BCUT2D eigenvalue weighted by Crippen LogP contribution is 2.27. The smallest absolute Gasteiger partial charge is 0.137 e. The third-order valence-corrected chi connectivity index (χ3v) is 14.5. The van der Waals surface area contributed by atoms with Crippen LogP contribution in [0.15, 0.2) is 220 Å². The van der Waals surface area contributed by atoms with Crippen LogP contribution < -0.4 is 0 Å². The van der Waals surface area contributed by atoms with Crippen LogP contribution in [-0.4, -0.2) is 58.6 Å². The molecule has 0 unspecified atom stereocenters. The third-order valence-electron chi connectivity index (χ3n) is 14.5. The zero-order chi connectivity index (χ0) is 76.7. The van der Waals surface area contributed by atoms with Gasteiger partial charge in [-0.25, -0.2) is 9.97 Å². The van der Waals surface area contributed by atoms with Gasteiger partial charge in [-0.15, -0.1) is 0 Å². The van der Waals surface area contributed by atoms with Crippen molar-refractivity contribution in [3.63, 3.8) is 0 Å². The topological polar surface area (TPSA) is 138 Å². The summed E-state index contributed by atoms with van der Waals surface area (Å²) in [7, 11) is 0. The van der Waals surface area contributed by atoms with E-state index in [1.165, 1.54) is 38.9 Å². The first-order valence-electron chi connectivity index (χ1n) is 37.2. The van der Waals surface area contributed by atoms with Gasteiger partial charge in [0.25, 0.3) is 0 Å². The number of aromatic nitrogens is 12. The van der Waals surface area contributed by atoms with Crippen LogP contribution in [0.5, 0.6) is 0 Å². The van der Waals surface area contributed by atoms with Gasteiger partial charge < -0.3 is 8.80 Å². The van der Waals surface area contributed by atoms with Gasteiger partial charge >= 0.3 is 0 Å². The van der Waals surface area contributed by atoms with Crippen LogP contribution in [-0.2, 0) is 0 Å². The molecule has 16 rings (SSSR count). The van der Waals surface area contributed by atoms with Crippen LogP contribution in [0.4, 0.5) is 0 Å². The Hall–Kier alpha value is -10.5. The lowest BCUT2D eigenvalue weighted by Gasteiger charge is -2.04. The molecule has 4 aromatic carbocycles. The second-order valence-corrected chi connectivity index (χ2v) is 20.1. The van der Waals surface area contributed by atoms with Crippen molar-refractivity contribution in [1.82, 2.24) is 58.6 Å². The van der Waals surface area contributed by atoms with E-state index in [1.807, 2.05) is 294 Å². The van der Waals surface area contributed by atoms with E-state index in [4.69, 9.17) is 0 Å². The monoisotopic (exact) mass is 1370 g/mol. The highest BCUT2D eigenvalue weighted by Gasteiger charge is 2.08. The minimum absolute atomic E-state index is 0.981. The molecule has 0 aliphatic heterocycles. The van der Waals surface area contributed by atoms with E-state index >= 15 is 0 Å². The van der Waals surface area contributed by atoms with Gasteiger partial charge in [0.2, 0.25) is 0 Å². The Morgan fingerprint density at radius 3 is 1.04 bits per heavy atom. The summed E-state index contributed by atoms with van der Waals surface area (Å²) in [5, 5.41) is 9.24. The standard InChI is InChI=1S/4C13H10N2.2C9H10N2.10C2H6/c1-9-8-10-4-2-6-14-12(10)13-11(9)5-3-7-15-13;1-9-4-5-11-7-6-10-3-2-8-14-12(10)13(11)15-9;1-9-6-8-15-13-11(9)5-4-10-3-2-7-14-12(10)13;1-9-7-11-5-4-10-3-2-6-14-12(10)13(11)15-8-9;2*1-7-8(2)11-6-4-3-5-9(11)10-7;10*1-2/h4*2-8H,1H3;2*3-6H,1-2H3;10*1-2H3. The normalized spacial score (nSPS) is 9.37. The van der Waals surface area contributed by atoms with Gasteiger partial charge in [-0.1, -0.05) is 223 Å². The molecule has 540 valence electrons. The summed E-state index contributed by atoms with van der Waals surface area (Å²) in [4.78, 5) is 44.1. The number of rotatable bonds is 0. The maximum Gasteiger partial charge on any atom is 0.137 e. The molecule has 102 heavy (non-hydrogen) atoms. The maximum absolute atomic E-state index is 4.54. The van der Waals surface area contributed by atoms with Crippen molar-refractivity contribution in [1.29, 1.82) is 0 Å². The van der Waals surface area contributed by atoms with Crippen molar-refractivity contribution in [2.75, 3.05) is 0 Å². The number of benzene rings is 4. The molecule has 0 amide bonds. The average Bonchev–Trinajstić information content (AvgIpc) is 1.27. The van der Waals surface area contributed by atoms with E-state index in [1.54, 1.807) is 0 Å². The van der Waals surface area contributed by atoms with Crippen LogP contribution in [0, 0.1) is 55.4 Å². The first kappa shape index (κ1) is 89.6. The second kappa shape index (κ2) is 50.8. The maximum atomic E-state index is 4.54. The molecular weight excluding hydrogens is 1250 g/mol. The molecule has 12 nitrogen and oxygen atoms in total. The van der Waals surface area contributed by atoms with Gasteiger partial charge in [0.1, 0.15) is 11.3 Å². The number of nitrogens with zero attached hydrogens (tertiary/aromatic N) is 12. The highest BCUT2D eigenvalue weighted by molar-refractivity contribution is 6.06. The summed E-state index contributed by atoms with van der Waals surface area (Å²) >= 11 is 0. The van der Waals surface area contributed by atoms with Crippen LogP contribution in [0.3, 0.4) is 0 Å². The first-order chi connectivity index (χ1) is 50.0. The van der Waals surface area contributed by atoms with E-state index in [0.717, 1.165) is 105 Å². The highest BCUT2D eigenvalue weighted by atomic mass is 15.0. The molecule has 0 fully saturated rings. The van der Waals surface area contributed by atoms with Gasteiger partial charge in [-0.3, -0.25) is 39.9 Å². The summed E-state index contributed by atoms with van der Waals surface area (Å²) in [6.07, 6.45) is 16.8. The lowest BCUT2D eigenvalue weighted by atomic mass is 10.1. The molecule has 0 saturated heterocycles. The van der Waals surface area contributed by atoms with Crippen molar-refractivity contribution in [2.45, 2.75) is 194 Å². The average molecular weight is 1370 g/mol. The number of hydrogen-bond donors (Lipinski definition) is 0. The molecular formula is C90H120N12. The predicted molar refractivity (Wildman–Crippen MR) is 450 cm³/mol. The Bertz CT molecular complexity index is 4800. The zero-order valence-electron chi connectivity index (χ0n) is 67.2. The van der Waals surface area contributed by atoms with Crippen molar-refractivity contribution in [2.24, 2.45) is 0 Å². The molecule has 12 aromatic heterocycles. The minimum Gasteiger partial charge on any atom is -0.304 e. The third kappa shape index (κ3) is 24.4. The summed E-state index contributed by atoms with van der Waals surface area (Å²) in [6.45, 7) is 56.5. The zero-order valence-corrected chi connectivity index (χ0v) is 67.2. The van der Waals surface area contributed by atoms with Gasteiger partial charge in [0.05, 0.1) is 55.5 Å². The molecule has 12 heterocycles. The Morgan fingerprint density at radius 1 is 0.245 bits per heavy atom. The fourth-order valence-electron chi connectivity index (χ4n) is 9.99. The summed E-state index contributed by atoms with van der Waals surface area (Å²) in [5.74, 6) is 0. The lowest BCUT2D eigenvalue weighted by Crippen LogP contribution is -1.86. The number of aryl methyl sites for hydroxylation is 8. The van der Waals surface area contributed by atoms with Gasteiger partial charge in [-0.05, 0) is 151 Å². The van der Waals surface area contributed by atoms with E-state index in [0.29, 0.717) is 0 Å². The fraction of sp³-hybridized carbons (Fsp3) is 0.311.